The first-order chi connectivity index (χ1) is 11.2. The maximum atomic E-state index is 12.5. The van der Waals surface area contributed by atoms with Gasteiger partial charge in [-0.2, -0.15) is 5.10 Å². The number of carbonyl (C=O) groups excluding carboxylic acids is 2. The van der Waals surface area contributed by atoms with Crippen LogP contribution >= 0.6 is 0 Å². The fourth-order valence-electron chi connectivity index (χ4n) is 3.08. The van der Waals surface area contributed by atoms with E-state index < -0.39 is 11.7 Å². The third-order valence-electron chi connectivity index (χ3n) is 4.31. The second kappa shape index (κ2) is 5.77. The lowest BCUT2D eigenvalue weighted by Crippen LogP contribution is -2.47. The molecular formula is C16H24N4O4. The molecule has 8 heteroatoms. The van der Waals surface area contributed by atoms with Gasteiger partial charge < -0.3 is 14.7 Å². The molecule has 0 spiro atoms. The third kappa shape index (κ3) is 2.98. The van der Waals surface area contributed by atoms with Crippen molar-refractivity contribution in [2.45, 2.75) is 65.0 Å². The first-order valence-corrected chi connectivity index (χ1v) is 8.21. The Morgan fingerprint density at radius 1 is 1.42 bits per heavy atom. The Hall–Kier alpha value is -2.09. The zero-order valence-electron chi connectivity index (χ0n) is 14.5. The summed E-state index contributed by atoms with van der Waals surface area (Å²) in [6, 6.07) is -0.0556. The molecular weight excluding hydrogens is 312 g/mol. The monoisotopic (exact) mass is 336 g/mol. The highest BCUT2D eigenvalue weighted by atomic mass is 16.6. The van der Waals surface area contributed by atoms with Crippen molar-refractivity contribution in [1.29, 1.82) is 0 Å². The largest absolute Gasteiger partial charge is 0.444 e. The Bertz CT molecular complexity index is 664. The lowest BCUT2D eigenvalue weighted by Gasteiger charge is -2.36. The molecule has 1 aromatic rings. The molecule has 3 rings (SSSR count). The number of aliphatic hydroxyl groups excluding tert-OH is 1. The summed E-state index contributed by atoms with van der Waals surface area (Å²) >= 11 is 0. The van der Waals surface area contributed by atoms with E-state index in [4.69, 9.17) is 4.74 Å². The van der Waals surface area contributed by atoms with Crippen molar-refractivity contribution in [3.05, 3.63) is 11.9 Å². The van der Waals surface area contributed by atoms with E-state index in [-0.39, 0.29) is 18.0 Å². The van der Waals surface area contributed by atoms with Crippen LogP contribution in [-0.4, -0.2) is 56.1 Å². The van der Waals surface area contributed by atoms with E-state index in [1.165, 1.54) is 0 Å². The zero-order chi connectivity index (χ0) is 17.6. The highest BCUT2D eigenvalue weighted by Gasteiger charge is 2.37. The molecule has 2 amide bonds. The smallest absolute Gasteiger partial charge is 0.410 e. The maximum Gasteiger partial charge on any atom is 0.410 e. The van der Waals surface area contributed by atoms with Gasteiger partial charge in [-0.1, -0.05) is 0 Å². The Balaban J connectivity index is 1.84. The van der Waals surface area contributed by atoms with Crippen molar-refractivity contribution in [2.24, 2.45) is 0 Å². The van der Waals surface area contributed by atoms with Crippen molar-refractivity contribution >= 4 is 17.7 Å². The molecule has 2 atom stereocenters. The summed E-state index contributed by atoms with van der Waals surface area (Å²) in [7, 11) is 0. The number of hydrogen-bond acceptors (Lipinski definition) is 5. The predicted molar refractivity (Wildman–Crippen MR) is 86.4 cm³/mol. The van der Waals surface area contributed by atoms with Crippen LogP contribution in [0.3, 0.4) is 0 Å². The average molecular weight is 336 g/mol. The zero-order valence-corrected chi connectivity index (χ0v) is 14.5. The average Bonchev–Trinajstić information content (AvgIpc) is 3.00. The second-order valence-electron chi connectivity index (χ2n) is 7.41. The van der Waals surface area contributed by atoms with Crippen molar-refractivity contribution in [3.8, 4) is 0 Å². The number of fused-ring (bicyclic) bond motifs is 1. The summed E-state index contributed by atoms with van der Waals surface area (Å²) in [6.07, 6.45) is 0.720. The van der Waals surface area contributed by atoms with Crippen molar-refractivity contribution < 1.29 is 19.4 Å². The fourth-order valence-corrected chi connectivity index (χ4v) is 3.08. The van der Waals surface area contributed by atoms with E-state index >= 15 is 0 Å². The van der Waals surface area contributed by atoms with Gasteiger partial charge in [0.25, 0.3) is 5.91 Å². The van der Waals surface area contributed by atoms with Gasteiger partial charge in [-0.25, -0.2) is 4.79 Å². The summed E-state index contributed by atoms with van der Waals surface area (Å²) < 4.78 is 7.30. The Morgan fingerprint density at radius 3 is 2.71 bits per heavy atom. The summed E-state index contributed by atoms with van der Waals surface area (Å²) in [5.74, 6) is -0.312. The molecule has 0 aromatic carbocycles. The lowest BCUT2D eigenvalue weighted by atomic mass is 10.2. The molecule has 3 heterocycles. The highest BCUT2D eigenvalue weighted by Crippen LogP contribution is 2.30. The van der Waals surface area contributed by atoms with Crippen LogP contribution in [0.5, 0.6) is 0 Å². The SMILES string of the molecule is C[C@H]1Cn2ncc(N3CC[C@H](O)C3=O)c2CN1C(=O)OC(C)(C)C. The maximum absolute atomic E-state index is 12.5. The van der Waals surface area contributed by atoms with Crippen LogP contribution in [0.1, 0.15) is 39.8 Å². The molecule has 2 aliphatic heterocycles. The first-order valence-electron chi connectivity index (χ1n) is 8.21. The molecule has 1 fully saturated rings. The van der Waals surface area contributed by atoms with E-state index in [2.05, 4.69) is 5.10 Å². The number of anilines is 1. The van der Waals surface area contributed by atoms with E-state index in [9.17, 15) is 14.7 Å². The minimum atomic E-state index is -0.954. The molecule has 24 heavy (non-hydrogen) atoms. The van der Waals surface area contributed by atoms with E-state index in [1.54, 1.807) is 16.0 Å². The molecule has 0 bridgehead atoms. The van der Waals surface area contributed by atoms with Crippen molar-refractivity contribution in [2.75, 3.05) is 11.4 Å². The van der Waals surface area contributed by atoms with Crippen molar-refractivity contribution in [3.63, 3.8) is 0 Å². The molecule has 1 aromatic heterocycles. The van der Waals surface area contributed by atoms with Gasteiger partial charge in [-0.15, -0.1) is 0 Å². The summed E-state index contributed by atoms with van der Waals surface area (Å²) in [5, 5.41) is 14.0. The van der Waals surface area contributed by atoms with Gasteiger partial charge in [0.05, 0.1) is 36.7 Å². The molecule has 132 valence electrons. The van der Waals surface area contributed by atoms with Crippen LogP contribution in [0, 0.1) is 0 Å². The van der Waals surface area contributed by atoms with Gasteiger partial charge in [0, 0.05) is 13.0 Å². The standard InChI is InChI=1S/C16H24N4O4/c1-10-8-20-12(9-19(10)15(23)24-16(2,3)4)11(7-17-20)18-6-5-13(21)14(18)22/h7,10,13,21H,5-6,8-9H2,1-4H3/t10-,13-/m0/s1. The normalized spacial score (nSPS) is 24.3. The fraction of sp³-hybridized carbons (Fsp3) is 0.688. The number of amides is 2. The van der Waals surface area contributed by atoms with Crippen LogP contribution in [0.15, 0.2) is 6.20 Å². The van der Waals surface area contributed by atoms with Crippen LogP contribution in [-0.2, 0) is 22.6 Å². The number of nitrogens with zero attached hydrogens (tertiary/aromatic N) is 4. The number of hydrogen-bond donors (Lipinski definition) is 1. The molecule has 0 saturated carbocycles. The molecule has 1 saturated heterocycles. The van der Waals surface area contributed by atoms with Crippen LogP contribution in [0.4, 0.5) is 10.5 Å². The van der Waals surface area contributed by atoms with Gasteiger partial charge >= 0.3 is 6.09 Å². The molecule has 0 radical (unpaired) electrons. The Labute approximate surface area is 141 Å². The number of ether oxygens (including phenoxy) is 1. The predicted octanol–water partition coefficient (Wildman–Crippen LogP) is 1.12. The van der Waals surface area contributed by atoms with Crippen LogP contribution in [0.25, 0.3) is 0 Å². The molecule has 2 aliphatic rings. The highest BCUT2D eigenvalue weighted by molar-refractivity contribution is 5.99. The first kappa shape index (κ1) is 16.8. The summed E-state index contributed by atoms with van der Waals surface area (Å²) in [4.78, 5) is 27.8. The van der Waals surface area contributed by atoms with Gasteiger partial charge in [-0.3, -0.25) is 14.4 Å². The van der Waals surface area contributed by atoms with E-state index in [0.29, 0.717) is 31.7 Å². The minimum Gasteiger partial charge on any atom is -0.444 e. The second-order valence-corrected chi connectivity index (χ2v) is 7.41. The molecule has 1 N–H and O–H groups in total. The quantitative estimate of drug-likeness (QED) is 0.830. The van der Waals surface area contributed by atoms with Gasteiger partial charge in [0.15, 0.2) is 0 Å². The van der Waals surface area contributed by atoms with Gasteiger partial charge in [0.2, 0.25) is 0 Å². The number of carbonyl (C=O) groups is 2. The van der Waals surface area contributed by atoms with Crippen molar-refractivity contribution in [1.82, 2.24) is 14.7 Å². The molecule has 8 nitrogen and oxygen atoms in total. The Morgan fingerprint density at radius 2 is 2.12 bits per heavy atom. The molecule has 0 unspecified atom stereocenters. The minimum absolute atomic E-state index is 0.0556. The summed E-state index contributed by atoms with van der Waals surface area (Å²) in [6.45, 7) is 8.77. The van der Waals surface area contributed by atoms with Crippen LogP contribution in [0.2, 0.25) is 0 Å². The number of rotatable bonds is 1. The van der Waals surface area contributed by atoms with E-state index in [0.717, 1.165) is 5.69 Å². The topological polar surface area (TPSA) is 87.9 Å². The molecule has 0 aliphatic carbocycles. The van der Waals surface area contributed by atoms with Gasteiger partial charge in [0.1, 0.15) is 11.7 Å². The lowest BCUT2D eigenvalue weighted by molar-refractivity contribution is -0.124. The van der Waals surface area contributed by atoms with Crippen LogP contribution < -0.4 is 4.90 Å². The number of aliphatic hydroxyl groups is 1. The number of aromatic nitrogens is 2. The van der Waals surface area contributed by atoms with E-state index in [1.807, 2.05) is 32.4 Å². The van der Waals surface area contributed by atoms with Gasteiger partial charge in [-0.05, 0) is 27.7 Å². The third-order valence-corrected chi connectivity index (χ3v) is 4.31. The summed E-state index contributed by atoms with van der Waals surface area (Å²) in [5.41, 5.74) is 0.894. The Kier molecular flexibility index (Phi) is 4.03.